The summed E-state index contributed by atoms with van der Waals surface area (Å²) < 4.78 is 22.1. The maximum absolute atomic E-state index is 14.7. The highest BCUT2D eigenvalue weighted by Crippen LogP contribution is 2.31. The Bertz CT molecular complexity index is 1080. The average molecular weight is 557 g/mol. The Morgan fingerprint density at radius 1 is 1.22 bits per heavy atom. The van der Waals surface area contributed by atoms with Crippen molar-refractivity contribution in [3.8, 4) is 0 Å². The first-order valence-electron chi connectivity index (χ1n) is 10.6. The summed E-state index contributed by atoms with van der Waals surface area (Å²) in [5.74, 6) is -0.568. The van der Waals surface area contributed by atoms with Gasteiger partial charge in [0.25, 0.3) is 11.5 Å². The third-order valence-corrected chi connectivity index (χ3v) is 6.31. The van der Waals surface area contributed by atoms with E-state index in [9.17, 15) is 14.0 Å². The number of nitrogens with zero attached hydrogens (tertiary/aromatic N) is 2. The van der Waals surface area contributed by atoms with Gasteiger partial charge in [-0.1, -0.05) is 13.0 Å². The number of pyridine rings is 1. The molecule has 0 atom stereocenters. The fraction of sp³-hybridized carbons (Fsp3) is 0.478. The molecule has 0 saturated heterocycles. The van der Waals surface area contributed by atoms with Gasteiger partial charge < -0.3 is 10.1 Å². The molecule has 1 aromatic heterocycles. The lowest BCUT2D eigenvalue weighted by molar-refractivity contribution is -0.148. The first kappa shape index (κ1) is 24.7. The van der Waals surface area contributed by atoms with Gasteiger partial charge in [-0.05, 0) is 79.5 Å². The minimum atomic E-state index is -0.445. The lowest BCUT2D eigenvalue weighted by atomic mass is 10.0. The fourth-order valence-corrected chi connectivity index (χ4v) is 4.38. The Morgan fingerprint density at radius 3 is 2.56 bits per heavy atom. The summed E-state index contributed by atoms with van der Waals surface area (Å²) in [6, 6.07) is 4.88. The molecule has 7 nitrogen and oxygen atoms in total. The Morgan fingerprint density at radius 2 is 1.94 bits per heavy atom. The van der Waals surface area contributed by atoms with Gasteiger partial charge in [0.15, 0.2) is 0 Å². The van der Waals surface area contributed by atoms with Gasteiger partial charge >= 0.3 is 0 Å². The van der Waals surface area contributed by atoms with Crippen molar-refractivity contribution in [2.75, 3.05) is 25.1 Å². The summed E-state index contributed by atoms with van der Waals surface area (Å²) in [7, 11) is 1.57. The second-order valence-electron chi connectivity index (χ2n) is 8.62. The highest BCUT2D eigenvalue weighted by atomic mass is 127. The molecule has 0 saturated carbocycles. The molecule has 0 aliphatic carbocycles. The van der Waals surface area contributed by atoms with Crippen molar-refractivity contribution in [1.82, 2.24) is 9.63 Å². The molecule has 9 heteroatoms. The van der Waals surface area contributed by atoms with E-state index in [1.54, 1.807) is 13.1 Å². The molecule has 3 rings (SSSR count). The van der Waals surface area contributed by atoms with Crippen molar-refractivity contribution in [1.29, 1.82) is 0 Å². The zero-order valence-corrected chi connectivity index (χ0v) is 21.2. The van der Waals surface area contributed by atoms with Gasteiger partial charge in [-0.25, -0.2) is 9.45 Å². The Labute approximate surface area is 201 Å². The summed E-state index contributed by atoms with van der Waals surface area (Å²) in [6.45, 7) is 8.66. The molecule has 0 bridgehead atoms. The van der Waals surface area contributed by atoms with Gasteiger partial charge in [-0.15, -0.1) is 0 Å². The van der Waals surface area contributed by atoms with E-state index in [0.717, 1.165) is 5.56 Å². The van der Waals surface area contributed by atoms with Crippen LogP contribution in [0.25, 0.3) is 0 Å². The van der Waals surface area contributed by atoms with E-state index < -0.39 is 5.82 Å². The number of ether oxygens (including phenoxy) is 1. The van der Waals surface area contributed by atoms with Gasteiger partial charge in [0, 0.05) is 7.05 Å². The predicted octanol–water partition coefficient (Wildman–Crippen LogP) is 4.18. The summed E-state index contributed by atoms with van der Waals surface area (Å²) in [4.78, 5) is 31.8. The number of aromatic nitrogens is 1. The molecular weight excluding hydrogens is 528 g/mol. The first-order valence-corrected chi connectivity index (χ1v) is 11.7. The first-order chi connectivity index (χ1) is 15.0. The van der Waals surface area contributed by atoms with Crippen LogP contribution in [0.2, 0.25) is 0 Å². The van der Waals surface area contributed by atoms with Crippen LogP contribution in [-0.4, -0.2) is 40.9 Å². The summed E-state index contributed by atoms with van der Waals surface area (Å²) in [5, 5.41) is 4.27. The maximum atomic E-state index is 14.7. The van der Waals surface area contributed by atoms with Gasteiger partial charge in [0.05, 0.1) is 40.2 Å². The zero-order chi connectivity index (χ0) is 23.6. The Kier molecular flexibility index (Phi) is 7.61. The van der Waals surface area contributed by atoms with Crippen molar-refractivity contribution in [3.63, 3.8) is 0 Å². The molecule has 174 valence electrons. The van der Waals surface area contributed by atoms with Gasteiger partial charge in [0.1, 0.15) is 11.6 Å². The normalized spacial score (nSPS) is 14.0. The molecule has 0 radical (unpaired) electrons. The molecule has 0 fully saturated rings. The standard InChI is InChI=1S/C23H29FIN3O4/c1-6-14-7-8-17(16(24)13-14)26-20-18-15(19(25)22(30)27(20)5)9-10-28(21(18)29)32-12-11-31-23(2,3)4/h7-8,13,26H,6,9-12H2,1-5H3. The minimum absolute atomic E-state index is 0.199. The number of carbonyl (C=O) groups excluding carboxylic acids is 1. The molecule has 1 amide bonds. The zero-order valence-electron chi connectivity index (χ0n) is 19.1. The number of amides is 1. The van der Waals surface area contributed by atoms with Crippen molar-refractivity contribution in [2.24, 2.45) is 7.05 Å². The summed E-state index contributed by atoms with van der Waals surface area (Å²) in [6.07, 6.45) is 1.17. The lowest BCUT2D eigenvalue weighted by Crippen LogP contribution is -2.42. The molecule has 1 aliphatic heterocycles. The SMILES string of the molecule is CCc1ccc(Nc2c3c(c(I)c(=O)n2C)CCN(OCCOC(C)(C)C)C3=O)c(F)c1. The minimum Gasteiger partial charge on any atom is -0.373 e. The third kappa shape index (κ3) is 5.32. The maximum Gasteiger partial charge on any atom is 0.281 e. The molecule has 32 heavy (non-hydrogen) atoms. The van der Waals surface area contributed by atoms with Crippen LogP contribution in [0.4, 0.5) is 15.9 Å². The van der Waals surface area contributed by atoms with E-state index in [1.807, 2.05) is 56.4 Å². The Balaban J connectivity index is 1.93. The molecular formula is C23H29FIN3O4. The number of nitrogens with one attached hydrogen (secondary N) is 1. The highest BCUT2D eigenvalue weighted by Gasteiger charge is 2.33. The van der Waals surface area contributed by atoms with Crippen LogP contribution in [0.1, 0.15) is 49.2 Å². The van der Waals surface area contributed by atoms with Crippen molar-refractivity contribution in [2.45, 2.75) is 46.1 Å². The van der Waals surface area contributed by atoms with E-state index in [0.29, 0.717) is 40.7 Å². The number of hydrogen-bond donors (Lipinski definition) is 1. The average Bonchev–Trinajstić information content (AvgIpc) is 2.74. The van der Waals surface area contributed by atoms with E-state index in [1.165, 1.54) is 15.7 Å². The number of hydrogen-bond acceptors (Lipinski definition) is 5. The van der Waals surface area contributed by atoms with Gasteiger partial charge in [-0.3, -0.25) is 19.0 Å². The van der Waals surface area contributed by atoms with Crippen LogP contribution in [0.3, 0.4) is 0 Å². The van der Waals surface area contributed by atoms with E-state index in [2.05, 4.69) is 5.32 Å². The molecule has 1 aliphatic rings. The van der Waals surface area contributed by atoms with Crippen LogP contribution >= 0.6 is 22.6 Å². The van der Waals surface area contributed by atoms with Crippen molar-refractivity contribution < 1.29 is 18.8 Å². The summed E-state index contributed by atoms with van der Waals surface area (Å²) >= 11 is 1.97. The van der Waals surface area contributed by atoms with Crippen LogP contribution in [0.5, 0.6) is 0 Å². The van der Waals surface area contributed by atoms with E-state index >= 15 is 0 Å². The number of aryl methyl sites for hydroxylation is 1. The third-order valence-electron chi connectivity index (χ3n) is 5.20. The highest BCUT2D eigenvalue weighted by molar-refractivity contribution is 14.1. The lowest BCUT2D eigenvalue weighted by Gasteiger charge is -2.31. The molecule has 1 aromatic carbocycles. The predicted molar refractivity (Wildman–Crippen MR) is 130 cm³/mol. The monoisotopic (exact) mass is 557 g/mol. The smallest absolute Gasteiger partial charge is 0.281 e. The van der Waals surface area contributed by atoms with Crippen molar-refractivity contribution in [3.05, 3.63) is 54.6 Å². The van der Waals surface area contributed by atoms with Gasteiger partial charge in [-0.2, -0.15) is 0 Å². The largest absolute Gasteiger partial charge is 0.373 e. The number of hydroxylamine groups is 2. The number of benzene rings is 1. The van der Waals surface area contributed by atoms with Crippen LogP contribution in [0, 0.1) is 9.39 Å². The quantitative estimate of drug-likeness (QED) is 0.409. The molecule has 1 N–H and O–H groups in total. The van der Waals surface area contributed by atoms with Crippen LogP contribution < -0.4 is 10.9 Å². The fourth-order valence-electron chi connectivity index (χ4n) is 3.48. The second kappa shape index (κ2) is 9.88. The number of fused-ring (bicyclic) bond motifs is 1. The van der Waals surface area contributed by atoms with E-state index in [4.69, 9.17) is 9.57 Å². The molecule has 0 spiro atoms. The molecule has 0 unspecified atom stereocenters. The van der Waals surface area contributed by atoms with Gasteiger partial charge in [0.2, 0.25) is 0 Å². The number of anilines is 2. The molecule has 2 aromatic rings. The van der Waals surface area contributed by atoms with E-state index in [-0.39, 0.29) is 35.2 Å². The molecule has 2 heterocycles. The number of rotatable bonds is 7. The van der Waals surface area contributed by atoms with Crippen LogP contribution in [0.15, 0.2) is 23.0 Å². The van der Waals surface area contributed by atoms with Crippen molar-refractivity contribution >= 4 is 40.0 Å². The summed E-state index contributed by atoms with van der Waals surface area (Å²) in [5.41, 5.74) is 1.49. The van der Waals surface area contributed by atoms with Crippen LogP contribution in [-0.2, 0) is 29.5 Å². The topological polar surface area (TPSA) is 72.8 Å². The second-order valence-corrected chi connectivity index (χ2v) is 9.70. The number of halogens is 2. The Hall–Kier alpha value is -1.98. The number of carbonyl (C=O) groups is 1.